The summed E-state index contributed by atoms with van der Waals surface area (Å²) >= 11 is 3.43. The van der Waals surface area contributed by atoms with E-state index in [0.29, 0.717) is 6.61 Å². The number of rotatable bonds is 5. The molecule has 1 aromatic carbocycles. The minimum atomic E-state index is -0.121. The minimum Gasteiger partial charge on any atom is -0.398 e. The number of benzene rings is 1. The Hall–Kier alpha value is -0.780. The number of ether oxygens (including phenoxy) is 1. The van der Waals surface area contributed by atoms with Crippen LogP contribution in [0, 0.1) is 6.92 Å². The molecule has 0 aliphatic carbocycles. The van der Waals surface area contributed by atoms with Gasteiger partial charge in [-0.05, 0) is 40.5 Å². The van der Waals surface area contributed by atoms with E-state index in [1.54, 1.807) is 7.11 Å². The smallest absolute Gasteiger partial charge is 0.0726 e. The summed E-state index contributed by atoms with van der Waals surface area (Å²) < 4.78 is 5.88. The van der Waals surface area contributed by atoms with E-state index in [9.17, 15) is 0 Å². The van der Waals surface area contributed by atoms with Crippen molar-refractivity contribution >= 4 is 27.3 Å². The second-order valence-corrected chi connectivity index (χ2v) is 4.52. The number of nitrogens with two attached hydrogens (primary N) is 1. The van der Waals surface area contributed by atoms with Crippen molar-refractivity contribution < 1.29 is 9.84 Å². The van der Waals surface area contributed by atoms with Gasteiger partial charge in [-0.3, -0.25) is 0 Å². The zero-order valence-electron chi connectivity index (χ0n) is 9.46. The van der Waals surface area contributed by atoms with Crippen LogP contribution in [0.3, 0.4) is 0 Å². The van der Waals surface area contributed by atoms with Gasteiger partial charge >= 0.3 is 0 Å². The Morgan fingerprint density at radius 2 is 2.25 bits per heavy atom. The van der Waals surface area contributed by atoms with Crippen molar-refractivity contribution in [3.63, 3.8) is 0 Å². The van der Waals surface area contributed by atoms with Crippen LogP contribution in [0.2, 0.25) is 0 Å². The molecule has 1 aromatic rings. The maximum Gasteiger partial charge on any atom is 0.0726 e. The van der Waals surface area contributed by atoms with E-state index in [1.165, 1.54) is 0 Å². The van der Waals surface area contributed by atoms with Crippen LogP contribution in [0.4, 0.5) is 11.4 Å². The number of halogens is 1. The van der Waals surface area contributed by atoms with Crippen LogP contribution in [-0.2, 0) is 4.74 Å². The normalized spacial score (nSPS) is 12.5. The molecule has 0 aromatic heterocycles. The zero-order chi connectivity index (χ0) is 12.1. The van der Waals surface area contributed by atoms with Crippen molar-refractivity contribution in [1.82, 2.24) is 0 Å². The zero-order valence-corrected chi connectivity index (χ0v) is 11.0. The van der Waals surface area contributed by atoms with Gasteiger partial charge in [0, 0.05) is 23.0 Å². The fourth-order valence-corrected chi connectivity index (χ4v) is 1.84. The number of aryl methyl sites for hydroxylation is 1. The molecule has 4 nitrogen and oxygen atoms in total. The molecule has 0 fully saturated rings. The van der Waals surface area contributed by atoms with E-state index >= 15 is 0 Å². The predicted octanol–water partition coefficient (Wildman–Crippen LogP) is 1.76. The van der Waals surface area contributed by atoms with Crippen molar-refractivity contribution in [2.24, 2.45) is 0 Å². The topological polar surface area (TPSA) is 67.5 Å². The number of nitrogen functional groups attached to an aromatic ring is 1. The summed E-state index contributed by atoms with van der Waals surface area (Å²) in [5, 5.41) is 12.3. The van der Waals surface area contributed by atoms with Crippen molar-refractivity contribution in [2.75, 3.05) is 31.4 Å². The second-order valence-electron chi connectivity index (χ2n) is 3.67. The maximum atomic E-state index is 9.15. The second kappa shape index (κ2) is 6.08. The number of nitrogens with one attached hydrogen (secondary N) is 1. The van der Waals surface area contributed by atoms with Crippen molar-refractivity contribution in [3.8, 4) is 0 Å². The lowest BCUT2D eigenvalue weighted by Gasteiger charge is -2.18. The summed E-state index contributed by atoms with van der Waals surface area (Å²) in [4.78, 5) is 0. The van der Waals surface area contributed by atoms with Crippen molar-refractivity contribution in [2.45, 2.75) is 13.0 Å². The molecule has 0 aliphatic heterocycles. The van der Waals surface area contributed by atoms with E-state index in [1.807, 2.05) is 19.1 Å². The van der Waals surface area contributed by atoms with E-state index < -0.39 is 0 Å². The van der Waals surface area contributed by atoms with Gasteiger partial charge in [0.1, 0.15) is 0 Å². The molecule has 0 saturated heterocycles. The lowest BCUT2D eigenvalue weighted by atomic mass is 10.1. The quantitative estimate of drug-likeness (QED) is 0.723. The third-order valence-corrected chi connectivity index (χ3v) is 2.96. The maximum absolute atomic E-state index is 9.15. The van der Waals surface area contributed by atoms with Gasteiger partial charge in [-0.1, -0.05) is 0 Å². The Morgan fingerprint density at radius 3 is 2.81 bits per heavy atom. The third kappa shape index (κ3) is 3.37. The first-order valence-corrected chi connectivity index (χ1v) is 5.79. The highest BCUT2D eigenvalue weighted by Crippen LogP contribution is 2.28. The van der Waals surface area contributed by atoms with Crippen LogP contribution in [-0.4, -0.2) is 31.5 Å². The van der Waals surface area contributed by atoms with Gasteiger partial charge < -0.3 is 20.9 Å². The molecule has 4 N–H and O–H groups in total. The molecule has 0 heterocycles. The lowest BCUT2D eigenvalue weighted by Crippen LogP contribution is -2.28. The van der Waals surface area contributed by atoms with E-state index in [2.05, 4.69) is 21.2 Å². The molecule has 0 amide bonds. The SMILES string of the molecule is COCC(CO)Nc1cc(C)c(N)cc1Br. The first kappa shape index (κ1) is 13.3. The van der Waals surface area contributed by atoms with Crippen LogP contribution in [0.15, 0.2) is 16.6 Å². The fourth-order valence-electron chi connectivity index (χ4n) is 1.37. The van der Waals surface area contributed by atoms with Crippen LogP contribution in [0.1, 0.15) is 5.56 Å². The third-order valence-electron chi connectivity index (χ3n) is 2.30. The van der Waals surface area contributed by atoms with Gasteiger partial charge in [-0.25, -0.2) is 0 Å². The lowest BCUT2D eigenvalue weighted by molar-refractivity contribution is 0.153. The first-order chi connectivity index (χ1) is 7.58. The Morgan fingerprint density at radius 1 is 1.56 bits per heavy atom. The highest BCUT2D eigenvalue weighted by Gasteiger charge is 2.10. The average molecular weight is 289 g/mol. The van der Waals surface area contributed by atoms with Gasteiger partial charge in [0.25, 0.3) is 0 Å². The minimum absolute atomic E-state index is 0.0176. The Labute approximate surface area is 104 Å². The number of hydrogen-bond acceptors (Lipinski definition) is 4. The summed E-state index contributed by atoms with van der Waals surface area (Å²) in [5.74, 6) is 0. The molecule has 16 heavy (non-hydrogen) atoms. The molecular weight excluding hydrogens is 272 g/mol. The number of anilines is 2. The molecule has 0 spiro atoms. The monoisotopic (exact) mass is 288 g/mol. The molecule has 0 saturated carbocycles. The highest BCUT2D eigenvalue weighted by molar-refractivity contribution is 9.10. The Kier molecular flexibility index (Phi) is 5.05. The number of aliphatic hydroxyl groups is 1. The Balaban J connectivity index is 2.83. The van der Waals surface area contributed by atoms with Crippen LogP contribution >= 0.6 is 15.9 Å². The van der Waals surface area contributed by atoms with E-state index in [0.717, 1.165) is 21.4 Å². The molecular formula is C11H17BrN2O2. The number of hydrogen-bond donors (Lipinski definition) is 3. The summed E-state index contributed by atoms with van der Waals surface area (Å²) in [6, 6.07) is 3.67. The standard InChI is InChI=1S/C11H17BrN2O2/c1-7-3-11(9(12)4-10(7)13)14-8(5-15)6-16-2/h3-4,8,14-15H,5-6,13H2,1-2H3. The highest BCUT2D eigenvalue weighted by atomic mass is 79.9. The summed E-state index contributed by atoms with van der Waals surface area (Å²) in [6.45, 7) is 2.41. The van der Waals surface area contributed by atoms with E-state index in [-0.39, 0.29) is 12.6 Å². The molecule has 0 bridgehead atoms. The first-order valence-electron chi connectivity index (χ1n) is 5.00. The molecule has 0 radical (unpaired) electrons. The average Bonchev–Trinajstić information content (AvgIpc) is 2.25. The van der Waals surface area contributed by atoms with Gasteiger partial charge in [0.15, 0.2) is 0 Å². The molecule has 1 unspecified atom stereocenters. The summed E-state index contributed by atoms with van der Waals surface area (Å²) in [7, 11) is 1.60. The van der Waals surface area contributed by atoms with Crippen LogP contribution in [0.25, 0.3) is 0 Å². The molecule has 1 rings (SSSR count). The van der Waals surface area contributed by atoms with Crippen LogP contribution < -0.4 is 11.1 Å². The van der Waals surface area contributed by atoms with Gasteiger partial charge in [-0.2, -0.15) is 0 Å². The fraction of sp³-hybridized carbons (Fsp3) is 0.455. The van der Waals surface area contributed by atoms with Gasteiger partial charge in [-0.15, -0.1) is 0 Å². The Bertz CT molecular complexity index is 358. The molecule has 90 valence electrons. The van der Waals surface area contributed by atoms with Crippen LogP contribution in [0.5, 0.6) is 0 Å². The molecule has 1 atom stereocenters. The van der Waals surface area contributed by atoms with Gasteiger partial charge in [0.2, 0.25) is 0 Å². The van der Waals surface area contributed by atoms with E-state index in [4.69, 9.17) is 15.6 Å². The molecule has 5 heteroatoms. The number of aliphatic hydroxyl groups excluding tert-OH is 1. The van der Waals surface area contributed by atoms with Crippen molar-refractivity contribution in [1.29, 1.82) is 0 Å². The molecule has 0 aliphatic rings. The number of methoxy groups -OCH3 is 1. The summed E-state index contributed by atoms with van der Waals surface area (Å²) in [5.41, 5.74) is 8.43. The van der Waals surface area contributed by atoms with Crippen molar-refractivity contribution in [3.05, 3.63) is 22.2 Å². The van der Waals surface area contributed by atoms with Gasteiger partial charge in [0.05, 0.1) is 19.3 Å². The predicted molar refractivity (Wildman–Crippen MR) is 69.7 cm³/mol. The largest absolute Gasteiger partial charge is 0.398 e. The summed E-state index contributed by atoms with van der Waals surface area (Å²) in [6.07, 6.45) is 0.